The van der Waals surface area contributed by atoms with Crippen LogP contribution in [0.5, 0.6) is 0 Å². The quantitative estimate of drug-likeness (QED) is 0.843. The van der Waals surface area contributed by atoms with E-state index in [1.54, 1.807) is 4.31 Å². The van der Waals surface area contributed by atoms with Crippen molar-refractivity contribution in [3.05, 3.63) is 41.0 Å². The van der Waals surface area contributed by atoms with E-state index in [4.69, 9.17) is 0 Å². The van der Waals surface area contributed by atoms with Gasteiger partial charge in [-0.2, -0.15) is 4.31 Å². The summed E-state index contributed by atoms with van der Waals surface area (Å²) in [5.74, 6) is 0. The van der Waals surface area contributed by atoms with Gasteiger partial charge in [-0.15, -0.1) is 0 Å². The van der Waals surface area contributed by atoms with Crippen molar-refractivity contribution >= 4 is 10.0 Å². The van der Waals surface area contributed by atoms with Gasteiger partial charge < -0.3 is 4.90 Å². The Balaban J connectivity index is 2.21. The van der Waals surface area contributed by atoms with Crippen LogP contribution in [0.2, 0.25) is 0 Å². The number of piperazine rings is 1. The van der Waals surface area contributed by atoms with Crippen molar-refractivity contribution in [2.75, 3.05) is 32.7 Å². The highest BCUT2D eigenvalue weighted by Crippen LogP contribution is 2.25. The topological polar surface area (TPSA) is 41.8 Å². The van der Waals surface area contributed by atoms with Crippen LogP contribution in [-0.2, 0) is 10.0 Å². The predicted octanol–water partition coefficient (Wildman–Crippen LogP) is 1.08. The van der Waals surface area contributed by atoms with Gasteiger partial charge in [0.15, 0.2) is 0 Å². The highest BCUT2D eigenvalue weighted by atomic mass is 32.2. The van der Waals surface area contributed by atoms with Gasteiger partial charge in [0, 0.05) is 0 Å². The number of hydrogen-bond donors (Lipinski definition) is 1. The van der Waals surface area contributed by atoms with Gasteiger partial charge in [-0.3, -0.25) is 0 Å². The smallest absolute Gasteiger partial charge is 0.244 e. The van der Waals surface area contributed by atoms with Gasteiger partial charge in [0.25, 0.3) is 0 Å². The Morgan fingerprint density at radius 3 is 2.14 bits per heavy atom. The molecule has 0 aromatic heterocycles. The molecule has 1 aliphatic rings. The molecule has 0 bridgehead atoms. The second-order valence-corrected chi connectivity index (χ2v) is 8.39. The fourth-order valence-corrected chi connectivity index (χ4v) is 5.20. The van der Waals surface area contributed by atoms with Gasteiger partial charge in [0.2, 0.25) is 10.0 Å². The lowest BCUT2D eigenvalue weighted by molar-refractivity contribution is -0.898. The van der Waals surface area contributed by atoms with E-state index >= 15 is 0 Å². The SMILES string of the molecule is C=C(C)C[NH+]1CCN(S(=O)(=O)c2c(C)cc(C)cc2C)CC1. The van der Waals surface area contributed by atoms with Crippen molar-refractivity contribution in [1.29, 1.82) is 0 Å². The maximum atomic E-state index is 13.0. The molecule has 5 heteroatoms. The van der Waals surface area contributed by atoms with Gasteiger partial charge in [0.05, 0.1) is 37.6 Å². The molecular formula is C17H27N2O2S+. The number of rotatable bonds is 4. The van der Waals surface area contributed by atoms with Crippen LogP contribution in [0.15, 0.2) is 29.2 Å². The molecule has 0 amide bonds. The van der Waals surface area contributed by atoms with Crippen molar-refractivity contribution in [2.45, 2.75) is 32.6 Å². The third-order valence-electron chi connectivity index (χ3n) is 4.18. The molecule has 1 heterocycles. The first-order valence-corrected chi connectivity index (χ1v) is 9.22. The Morgan fingerprint density at radius 1 is 1.18 bits per heavy atom. The molecule has 1 saturated heterocycles. The van der Waals surface area contributed by atoms with Gasteiger partial charge >= 0.3 is 0 Å². The number of aryl methyl sites for hydroxylation is 3. The van der Waals surface area contributed by atoms with Gasteiger partial charge in [0.1, 0.15) is 0 Å². The zero-order chi connectivity index (χ0) is 16.5. The lowest BCUT2D eigenvalue weighted by atomic mass is 10.1. The first-order valence-electron chi connectivity index (χ1n) is 7.77. The number of nitrogens with zero attached hydrogens (tertiary/aromatic N) is 1. The number of nitrogens with one attached hydrogen (secondary N) is 1. The molecule has 1 aliphatic heterocycles. The van der Waals surface area contributed by atoms with E-state index in [2.05, 4.69) is 6.58 Å². The van der Waals surface area contributed by atoms with E-state index in [1.807, 2.05) is 39.8 Å². The van der Waals surface area contributed by atoms with E-state index in [9.17, 15) is 8.42 Å². The van der Waals surface area contributed by atoms with Crippen molar-refractivity contribution in [3.8, 4) is 0 Å². The molecule has 122 valence electrons. The third-order valence-corrected chi connectivity index (χ3v) is 6.39. The second-order valence-electron chi connectivity index (χ2n) is 6.52. The summed E-state index contributed by atoms with van der Waals surface area (Å²) >= 11 is 0. The van der Waals surface area contributed by atoms with Crippen molar-refractivity contribution in [3.63, 3.8) is 0 Å². The molecule has 0 spiro atoms. The molecule has 0 saturated carbocycles. The van der Waals surface area contributed by atoms with Crippen LogP contribution >= 0.6 is 0 Å². The van der Waals surface area contributed by atoms with Crippen LogP contribution in [-0.4, -0.2) is 45.4 Å². The summed E-state index contributed by atoms with van der Waals surface area (Å²) in [4.78, 5) is 1.90. The molecule has 0 radical (unpaired) electrons. The van der Waals surface area contributed by atoms with Gasteiger partial charge in [-0.1, -0.05) is 24.3 Å². The summed E-state index contributed by atoms with van der Waals surface area (Å²) in [6.45, 7) is 15.5. The highest BCUT2D eigenvalue weighted by Gasteiger charge is 2.32. The van der Waals surface area contributed by atoms with E-state index < -0.39 is 10.0 Å². The minimum absolute atomic E-state index is 0.487. The summed E-state index contributed by atoms with van der Waals surface area (Å²) in [7, 11) is -3.39. The number of sulfonamides is 1. The maximum Gasteiger partial charge on any atom is 0.244 e. The van der Waals surface area contributed by atoms with Crippen LogP contribution in [0.3, 0.4) is 0 Å². The summed E-state index contributed by atoms with van der Waals surface area (Å²) < 4.78 is 27.6. The average Bonchev–Trinajstić information content (AvgIpc) is 2.36. The average molecular weight is 323 g/mol. The van der Waals surface area contributed by atoms with Gasteiger partial charge in [-0.25, -0.2) is 8.42 Å². The molecule has 1 aromatic carbocycles. The first-order chi connectivity index (χ1) is 10.2. The Hall–Kier alpha value is -1.17. The zero-order valence-corrected chi connectivity index (χ0v) is 14.9. The largest absolute Gasteiger partial charge is 0.329 e. The van der Waals surface area contributed by atoms with E-state index in [-0.39, 0.29) is 0 Å². The third kappa shape index (κ3) is 3.59. The summed E-state index contributed by atoms with van der Waals surface area (Å²) in [6.07, 6.45) is 0. The van der Waals surface area contributed by atoms with Crippen molar-refractivity contribution in [2.24, 2.45) is 0 Å². The zero-order valence-electron chi connectivity index (χ0n) is 14.1. The molecule has 1 aromatic rings. The second kappa shape index (κ2) is 6.52. The molecule has 1 N–H and O–H groups in total. The van der Waals surface area contributed by atoms with Crippen molar-refractivity contribution < 1.29 is 13.3 Å². The monoisotopic (exact) mass is 323 g/mol. The molecule has 0 aliphatic carbocycles. The Kier molecular flexibility index (Phi) is 5.10. The molecule has 4 nitrogen and oxygen atoms in total. The summed E-state index contributed by atoms with van der Waals surface area (Å²) in [5, 5.41) is 0. The fourth-order valence-electron chi connectivity index (χ4n) is 3.35. The normalized spacial score (nSPS) is 17.6. The van der Waals surface area contributed by atoms with Crippen LogP contribution in [0.1, 0.15) is 23.6 Å². The van der Waals surface area contributed by atoms with Crippen LogP contribution in [0.25, 0.3) is 0 Å². The molecule has 22 heavy (non-hydrogen) atoms. The maximum absolute atomic E-state index is 13.0. The Labute approximate surface area is 134 Å². The predicted molar refractivity (Wildman–Crippen MR) is 89.8 cm³/mol. The first kappa shape index (κ1) is 17.2. The number of quaternary nitrogens is 1. The molecule has 2 rings (SSSR count). The summed E-state index contributed by atoms with van der Waals surface area (Å²) in [5.41, 5.74) is 3.93. The molecule has 0 atom stereocenters. The van der Waals surface area contributed by atoms with Crippen LogP contribution in [0, 0.1) is 20.8 Å². The Bertz CT molecular complexity index is 649. The lowest BCUT2D eigenvalue weighted by Gasteiger charge is -2.32. The minimum atomic E-state index is -3.39. The van der Waals surface area contributed by atoms with E-state index in [0.717, 1.165) is 41.9 Å². The molecule has 0 unspecified atom stereocenters. The standard InChI is InChI=1S/C17H26N2O2S/c1-13(2)12-18-6-8-19(9-7-18)22(20,21)17-15(4)10-14(3)11-16(17)5/h10-11H,1,6-9,12H2,2-5H3/p+1. The highest BCUT2D eigenvalue weighted by molar-refractivity contribution is 7.89. The summed E-state index contributed by atoms with van der Waals surface area (Å²) in [6, 6.07) is 3.89. The van der Waals surface area contributed by atoms with Gasteiger partial charge in [-0.05, 0) is 44.4 Å². The molecule has 1 fully saturated rings. The minimum Gasteiger partial charge on any atom is -0.329 e. The number of benzene rings is 1. The van der Waals surface area contributed by atoms with Crippen LogP contribution < -0.4 is 4.90 Å². The van der Waals surface area contributed by atoms with Crippen LogP contribution in [0.4, 0.5) is 0 Å². The van der Waals surface area contributed by atoms with Crippen molar-refractivity contribution in [1.82, 2.24) is 4.31 Å². The Morgan fingerprint density at radius 2 is 1.68 bits per heavy atom. The van der Waals surface area contributed by atoms with E-state index in [0.29, 0.717) is 18.0 Å². The van der Waals surface area contributed by atoms with E-state index in [1.165, 1.54) is 4.90 Å². The fraction of sp³-hybridized carbons (Fsp3) is 0.529. The number of hydrogen-bond acceptors (Lipinski definition) is 2. The molecular weight excluding hydrogens is 296 g/mol. The lowest BCUT2D eigenvalue weighted by Crippen LogP contribution is -3.14.